The van der Waals surface area contributed by atoms with E-state index in [0.29, 0.717) is 24.2 Å². The monoisotopic (exact) mass is 457 g/mol. The van der Waals surface area contributed by atoms with Crippen LogP contribution in [-0.4, -0.2) is 52.0 Å². The predicted octanol–water partition coefficient (Wildman–Crippen LogP) is 2.25. The molecule has 0 bridgehead atoms. The molecule has 10 heteroatoms. The van der Waals surface area contributed by atoms with Crippen molar-refractivity contribution in [2.24, 2.45) is 0 Å². The molecule has 176 valence electrons. The number of imidazole rings is 1. The number of rotatable bonds is 9. The second-order valence-electron chi connectivity index (χ2n) is 7.48. The summed E-state index contributed by atoms with van der Waals surface area (Å²) in [6.07, 6.45) is 3.54. The Labute approximate surface area is 190 Å². The summed E-state index contributed by atoms with van der Waals surface area (Å²) in [5, 5.41) is 21.1. The molecule has 0 radical (unpaired) electrons. The van der Waals surface area contributed by atoms with Crippen molar-refractivity contribution in [2.45, 2.75) is 32.2 Å². The standard InChI is InChI=1S/C23H27N3O7/c1-13-7-17(27)21(23(30)26(13)6-5-15-11-24-12-25-15)16(10-20(28)33-4)14-8-18(31-2)22(29)19(9-14)32-3/h7-9,11-12,16,27,29H,5-6,10H2,1-4H3,(H,24,25)/t16-/m0/s1. The number of hydrogen-bond acceptors (Lipinski definition) is 8. The topological polar surface area (TPSA) is 136 Å². The van der Waals surface area contributed by atoms with Gasteiger partial charge in [0.2, 0.25) is 5.75 Å². The van der Waals surface area contributed by atoms with Crippen LogP contribution in [0.15, 0.2) is 35.5 Å². The van der Waals surface area contributed by atoms with Crippen molar-refractivity contribution in [3.8, 4) is 23.0 Å². The Hall–Kier alpha value is -3.95. The molecular weight excluding hydrogens is 430 g/mol. The number of esters is 1. The first-order valence-corrected chi connectivity index (χ1v) is 10.2. The highest BCUT2D eigenvalue weighted by molar-refractivity contribution is 5.72. The molecule has 0 aliphatic rings. The van der Waals surface area contributed by atoms with Gasteiger partial charge in [0.1, 0.15) is 5.75 Å². The maximum atomic E-state index is 13.5. The second kappa shape index (κ2) is 10.1. The number of phenols is 1. The number of phenolic OH excluding ortho intramolecular Hbond substituents is 1. The predicted molar refractivity (Wildman–Crippen MR) is 119 cm³/mol. The van der Waals surface area contributed by atoms with Gasteiger partial charge in [0.25, 0.3) is 5.56 Å². The second-order valence-corrected chi connectivity index (χ2v) is 7.48. The third-order valence-electron chi connectivity index (χ3n) is 5.53. The van der Waals surface area contributed by atoms with Crippen molar-refractivity contribution in [1.29, 1.82) is 0 Å². The molecule has 3 N–H and O–H groups in total. The van der Waals surface area contributed by atoms with Crippen LogP contribution in [0.5, 0.6) is 23.0 Å². The summed E-state index contributed by atoms with van der Waals surface area (Å²) >= 11 is 0. The van der Waals surface area contributed by atoms with Crippen molar-refractivity contribution in [2.75, 3.05) is 21.3 Å². The number of H-pyrrole nitrogens is 1. The fourth-order valence-corrected chi connectivity index (χ4v) is 3.78. The number of methoxy groups -OCH3 is 3. The molecule has 0 unspecified atom stereocenters. The molecule has 2 aromatic heterocycles. The van der Waals surface area contributed by atoms with E-state index in [4.69, 9.17) is 14.2 Å². The first-order valence-electron chi connectivity index (χ1n) is 10.2. The number of hydrogen-bond donors (Lipinski definition) is 3. The molecule has 0 aliphatic carbocycles. The lowest BCUT2D eigenvalue weighted by molar-refractivity contribution is -0.140. The normalized spacial score (nSPS) is 11.8. The molecule has 0 aliphatic heterocycles. The van der Waals surface area contributed by atoms with Gasteiger partial charge in [0, 0.05) is 36.5 Å². The zero-order chi connectivity index (χ0) is 24.1. The van der Waals surface area contributed by atoms with Gasteiger partial charge in [-0.05, 0) is 30.7 Å². The summed E-state index contributed by atoms with van der Waals surface area (Å²) < 4.78 is 16.8. The molecule has 0 saturated carbocycles. The van der Waals surface area contributed by atoms with Crippen LogP contribution in [-0.2, 0) is 22.5 Å². The summed E-state index contributed by atoms with van der Waals surface area (Å²) in [4.78, 5) is 32.8. The largest absolute Gasteiger partial charge is 0.507 e. The molecule has 33 heavy (non-hydrogen) atoms. The first kappa shape index (κ1) is 23.7. The number of carbonyl (C=O) groups excluding carboxylic acids is 1. The SMILES string of the molecule is COC(=O)C[C@@H](c1cc(OC)c(O)c(OC)c1)c1c(O)cc(C)n(CCc2cnc[nH]2)c1=O. The fourth-order valence-electron chi connectivity index (χ4n) is 3.78. The van der Waals surface area contributed by atoms with Gasteiger partial charge in [-0.25, -0.2) is 4.98 Å². The number of aromatic nitrogens is 3. The van der Waals surface area contributed by atoms with Crippen LogP contribution < -0.4 is 15.0 Å². The van der Waals surface area contributed by atoms with Gasteiger partial charge >= 0.3 is 5.97 Å². The number of aromatic amines is 1. The Bertz CT molecular complexity index is 1160. The molecule has 10 nitrogen and oxygen atoms in total. The fraction of sp³-hybridized carbons (Fsp3) is 0.348. The number of pyridine rings is 1. The molecule has 2 heterocycles. The highest BCUT2D eigenvalue weighted by Gasteiger charge is 2.28. The molecular formula is C23H27N3O7. The van der Waals surface area contributed by atoms with E-state index in [-0.39, 0.29) is 35.0 Å². The smallest absolute Gasteiger partial charge is 0.306 e. The maximum absolute atomic E-state index is 13.5. The van der Waals surface area contributed by atoms with Crippen LogP contribution in [0.1, 0.15) is 34.9 Å². The number of nitrogens with one attached hydrogen (secondary N) is 1. The van der Waals surface area contributed by atoms with Crippen molar-refractivity contribution < 1.29 is 29.2 Å². The van der Waals surface area contributed by atoms with Crippen LogP contribution in [0.4, 0.5) is 0 Å². The highest BCUT2D eigenvalue weighted by atomic mass is 16.5. The molecule has 0 amide bonds. The van der Waals surface area contributed by atoms with Gasteiger partial charge in [-0.2, -0.15) is 0 Å². The summed E-state index contributed by atoms with van der Waals surface area (Å²) in [5.74, 6) is -1.71. The van der Waals surface area contributed by atoms with E-state index in [0.717, 1.165) is 5.69 Å². The summed E-state index contributed by atoms with van der Waals surface area (Å²) in [6.45, 7) is 2.06. The van der Waals surface area contributed by atoms with Gasteiger partial charge in [-0.15, -0.1) is 0 Å². The zero-order valence-corrected chi connectivity index (χ0v) is 18.9. The Morgan fingerprint density at radius 2 is 1.82 bits per heavy atom. The average molecular weight is 457 g/mol. The minimum Gasteiger partial charge on any atom is -0.507 e. The van der Waals surface area contributed by atoms with Gasteiger partial charge in [0.05, 0.1) is 39.6 Å². The van der Waals surface area contributed by atoms with E-state index >= 15 is 0 Å². The van der Waals surface area contributed by atoms with Gasteiger partial charge in [-0.1, -0.05) is 0 Å². The molecule has 3 aromatic rings. The average Bonchev–Trinajstić information content (AvgIpc) is 3.31. The van der Waals surface area contributed by atoms with E-state index in [2.05, 4.69) is 9.97 Å². The van der Waals surface area contributed by atoms with E-state index in [9.17, 15) is 19.8 Å². The van der Waals surface area contributed by atoms with Crippen LogP contribution >= 0.6 is 0 Å². The number of aromatic hydroxyl groups is 2. The van der Waals surface area contributed by atoms with Gasteiger partial charge in [0.15, 0.2) is 11.5 Å². The van der Waals surface area contributed by atoms with Crippen molar-refractivity contribution >= 4 is 5.97 Å². The number of carbonyl (C=O) groups is 1. The quantitative estimate of drug-likeness (QED) is 0.416. The maximum Gasteiger partial charge on any atom is 0.306 e. The number of ether oxygens (including phenoxy) is 3. The lowest BCUT2D eigenvalue weighted by atomic mass is 9.87. The highest BCUT2D eigenvalue weighted by Crippen LogP contribution is 2.42. The third kappa shape index (κ3) is 4.94. The van der Waals surface area contributed by atoms with E-state index in [1.54, 1.807) is 19.4 Å². The number of benzene rings is 1. The minimum absolute atomic E-state index is 0.0328. The van der Waals surface area contributed by atoms with E-state index in [1.165, 1.54) is 44.1 Å². The van der Waals surface area contributed by atoms with Gasteiger partial charge < -0.3 is 34.0 Å². The van der Waals surface area contributed by atoms with E-state index in [1.807, 2.05) is 0 Å². The molecule has 0 spiro atoms. The molecule has 0 fully saturated rings. The molecule has 1 aromatic carbocycles. The van der Waals surface area contributed by atoms with Crippen molar-refractivity contribution in [3.05, 3.63) is 63.6 Å². The van der Waals surface area contributed by atoms with Crippen LogP contribution in [0.2, 0.25) is 0 Å². The van der Waals surface area contributed by atoms with Crippen LogP contribution in [0.3, 0.4) is 0 Å². The Morgan fingerprint density at radius 1 is 1.15 bits per heavy atom. The number of aryl methyl sites for hydroxylation is 2. The van der Waals surface area contributed by atoms with Crippen molar-refractivity contribution in [3.63, 3.8) is 0 Å². The summed E-state index contributed by atoms with van der Waals surface area (Å²) in [6, 6.07) is 4.49. The molecule has 1 atom stereocenters. The molecule has 0 saturated heterocycles. The van der Waals surface area contributed by atoms with Crippen LogP contribution in [0, 0.1) is 6.92 Å². The Balaban J connectivity index is 2.16. The molecule has 3 rings (SSSR count). The Morgan fingerprint density at radius 3 is 2.36 bits per heavy atom. The minimum atomic E-state index is -0.882. The van der Waals surface area contributed by atoms with Gasteiger partial charge in [-0.3, -0.25) is 9.59 Å². The van der Waals surface area contributed by atoms with Crippen molar-refractivity contribution in [1.82, 2.24) is 14.5 Å². The first-order chi connectivity index (χ1) is 15.8. The summed E-state index contributed by atoms with van der Waals surface area (Å²) in [7, 11) is 3.99. The lowest BCUT2D eigenvalue weighted by Gasteiger charge is -2.22. The summed E-state index contributed by atoms with van der Waals surface area (Å²) in [5.41, 5.74) is 1.45. The Kier molecular flexibility index (Phi) is 7.27. The lowest BCUT2D eigenvalue weighted by Crippen LogP contribution is -2.29. The third-order valence-corrected chi connectivity index (χ3v) is 5.53. The number of nitrogens with zero attached hydrogens (tertiary/aromatic N) is 2. The zero-order valence-electron chi connectivity index (χ0n) is 18.9. The van der Waals surface area contributed by atoms with Crippen LogP contribution in [0.25, 0.3) is 0 Å². The van der Waals surface area contributed by atoms with E-state index < -0.39 is 17.4 Å².